The Morgan fingerprint density at radius 1 is 0.900 bits per heavy atom. The summed E-state index contributed by atoms with van der Waals surface area (Å²) in [5.41, 5.74) is 4.04. The summed E-state index contributed by atoms with van der Waals surface area (Å²) in [6, 6.07) is 31.4. The summed E-state index contributed by atoms with van der Waals surface area (Å²) >= 11 is 0. The molecule has 0 amide bonds. The monoisotopic (exact) mass is 398 g/mol. The van der Waals surface area contributed by atoms with E-state index in [1.165, 1.54) is 36.2 Å². The summed E-state index contributed by atoms with van der Waals surface area (Å²) < 4.78 is 5.58. The molecule has 2 fully saturated rings. The Kier molecular flexibility index (Phi) is 5.56. The number of nitrogens with zero attached hydrogens (tertiary/aromatic N) is 1. The standard InChI is InChI=1S/C27H30N2O/c1-30-24-15-9-8-14-22(24)18-28-26-23-16-17-29(19-23)27(26)25(20-10-4-2-5-11-20)21-12-6-3-7-13-21/h2-15,23,25-28H,16-19H2,1H3/t23-,26+,27+/m1/s1. The number of fused-ring (bicyclic) bond motifs is 2. The topological polar surface area (TPSA) is 24.5 Å². The molecule has 2 bridgehead atoms. The van der Waals surface area contributed by atoms with Crippen molar-refractivity contribution < 1.29 is 4.74 Å². The second-order valence-electron chi connectivity index (χ2n) is 8.55. The maximum absolute atomic E-state index is 5.58. The van der Waals surface area contributed by atoms with Crippen molar-refractivity contribution in [1.29, 1.82) is 0 Å². The van der Waals surface area contributed by atoms with Crippen LogP contribution in [-0.2, 0) is 6.54 Å². The second-order valence-corrected chi connectivity index (χ2v) is 8.55. The van der Waals surface area contributed by atoms with Crippen molar-refractivity contribution in [3.8, 4) is 5.75 Å². The largest absolute Gasteiger partial charge is 0.496 e. The van der Waals surface area contributed by atoms with E-state index >= 15 is 0 Å². The number of rotatable bonds is 7. The first-order chi connectivity index (χ1) is 14.8. The van der Waals surface area contributed by atoms with Gasteiger partial charge in [-0.3, -0.25) is 4.90 Å². The van der Waals surface area contributed by atoms with Crippen LogP contribution in [0.2, 0.25) is 0 Å². The molecular formula is C27H30N2O. The van der Waals surface area contributed by atoms with E-state index in [0.29, 0.717) is 23.9 Å². The minimum absolute atomic E-state index is 0.368. The third-order valence-electron chi connectivity index (χ3n) is 6.93. The fourth-order valence-electron chi connectivity index (χ4n) is 5.58. The van der Waals surface area contributed by atoms with E-state index in [1.807, 2.05) is 6.07 Å². The molecule has 30 heavy (non-hydrogen) atoms. The Hall–Kier alpha value is -2.62. The first kappa shape index (κ1) is 19.3. The highest BCUT2D eigenvalue weighted by atomic mass is 16.5. The summed E-state index contributed by atoms with van der Waals surface area (Å²) in [4.78, 5) is 2.72. The number of methoxy groups -OCH3 is 1. The molecule has 2 saturated heterocycles. The molecule has 3 aromatic carbocycles. The summed E-state index contributed by atoms with van der Waals surface area (Å²) in [7, 11) is 1.76. The summed E-state index contributed by atoms with van der Waals surface area (Å²) in [5, 5.41) is 3.95. The van der Waals surface area contributed by atoms with Crippen molar-refractivity contribution in [3.63, 3.8) is 0 Å². The van der Waals surface area contributed by atoms with Gasteiger partial charge in [0.2, 0.25) is 0 Å². The smallest absolute Gasteiger partial charge is 0.123 e. The van der Waals surface area contributed by atoms with Crippen molar-refractivity contribution in [2.24, 2.45) is 5.92 Å². The third kappa shape index (κ3) is 3.64. The van der Waals surface area contributed by atoms with Gasteiger partial charge >= 0.3 is 0 Å². The van der Waals surface area contributed by atoms with Gasteiger partial charge in [-0.25, -0.2) is 0 Å². The van der Waals surface area contributed by atoms with Gasteiger partial charge in [-0.2, -0.15) is 0 Å². The molecule has 2 aliphatic rings. The quantitative estimate of drug-likeness (QED) is 0.625. The fourth-order valence-corrected chi connectivity index (χ4v) is 5.58. The Bertz CT molecular complexity index is 919. The van der Waals surface area contributed by atoms with E-state index in [4.69, 9.17) is 4.74 Å². The van der Waals surface area contributed by atoms with E-state index in [-0.39, 0.29) is 0 Å². The lowest BCUT2D eigenvalue weighted by Crippen LogP contribution is -2.50. The van der Waals surface area contributed by atoms with Crippen molar-refractivity contribution in [2.75, 3.05) is 20.2 Å². The molecule has 3 heteroatoms. The number of para-hydroxylation sites is 1. The third-order valence-corrected chi connectivity index (χ3v) is 6.93. The molecule has 1 unspecified atom stereocenters. The van der Waals surface area contributed by atoms with Crippen molar-refractivity contribution >= 4 is 0 Å². The molecular weight excluding hydrogens is 368 g/mol. The van der Waals surface area contributed by atoms with Crippen molar-refractivity contribution in [2.45, 2.75) is 31.0 Å². The molecule has 5 rings (SSSR count). The van der Waals surface area contributed by atoms with Crippen LogP contribution in [0.4, 0.5) is 0 Å². The molecule has 154 valence electrons. The van der Waals surface area contributed by atoms with Crippen LogP contribution in [0.3, 0.4) is 0 Å². The molecule has 4 atom stereocenters. The van der Waals surface area contributed by atoms with E-state index in [1.54, 1.807) is 7.11 Å². The Labute approximate surface area is 179 Å². The van der Waals surface area contributed by atoms with Crippen LogP contribution in [0.25, 0.3) is 0 Å². The molecule has 0 aliphatic carbocycles. The molecule has 1 N–H and O–H groups in total. The van der Waals surface area contributed by atoms with Crippen molar-refractivity contribution in [1.82, 2.24) is 10.2 Å². The SMILES string of the molecule is COc1ccccc1CN[C@H]1[C@@H]2CCN(C2)[C@H]1C(c1ccccc1)c1ccccc1. The Morgan fingerprint density at radius 2 is 1.53 bits per heavy atom. The van der Waals surface area contributed by atoms with Gasteiger partial charge in [0.25, 0.3) is 0 Å². The zero-order valence-corrected chi connectivity index (χ0v) is 17.6. The molecule has 3 nitrogen and oxygen atoms in total. The average Bonchev–Trinajstić information content (AvgIpc) is 3.42. The zero-order chi connectivity index (χ0) is 20.3. The minimum atomic E-state index is 0.368. The predicted octanol–water partition coefficient (Wildman–Crippen LogP) is 4.69. The molecule has 0 radical (unpaired) electrons. The highest BCUT2D eigenvalue weighted by molar-refractivity contribution is 5.37. The highest BCUT2D eigenvalue weighted by Gasteiger charge is 2.49. The molecule has 0 aromatic heterocycles. The van der Waals surface area contributed by atoms with E-state index in [2.05, 4.69) is 89.1 Å². The van der Waals surface area contributed by atoms with Crippen LogP contribution < -0.4 is 10.1 Å². The van der Waals surface area contributed by atoms with E-state index < -0.39 is 0 Å². The van der Waals surface area contributed by atoms with Crippen LogP contribution in [0.15, 0.2) is 84.9 Å². The molecule has 2 heterocycles. The molecule has 3 aromatic rings. The fraction of sp³-hybridized carbons (Fsp3) is 0.333. The minimum Gasteiger partial charge on any atom is -0.496 e. The van der Waals surface area contributed by atoms with E-state index in [0.717, 1.165) is 12.3 Å². The van der Waals surface area contributed by atoms with Crippen LogP contribution in [-0.4, -0.2) is 37.2 Å². The Morgan fingerprint density at radius 3 is 2.20 bits per heavy atom. The van der Waals surface area contributed by atoms with Gasteiger partial charge in [0, 0.05) is 36.7 Å². The van der Waals surface area contributed by atoms with Gasteiger partial charge in [-0.05, 0) is 36.1 Å². The van der Waals surface area contributed by atoms with Gasteiger partial charge in [0.15, 0.2) is 0 Å². The normalized spacial score (nSPS) is 25.0. The van der Waals surface area contributed by atoms with E-state index in [9.17, 15) is 0 Å². The zero-order valence-electron chi connectivity index (χ0n) is 17.6. The lowest BCUT2D eigenvalue weighted by atomic mass is 9.78. The van der Waals surface area contributed by atoms with Crippen LogP contribution in [0.5, 0.6) is 5.75 Å². The number of ether oxygens (including phenoxy) is 1. The maximum Gasteiger partial charge on any atom is 0.123 e. The maximum atomic E-state index is 5.58. The van der Waals surface area contributed by atoms with Crippen LogP contribution >= 0.6 is 0 Å². The van der Waals surface area contributed by atoms with Gasteiger partial charge in [0.05, 0.1) is 7.11 Å². The molecule has 2 aliphatic heterocycles. The lowest BCUT2D eigenvalue weighted by molar-refractivity contribution is 0.197. The first-order valence-electron chi connectivity index (χ1n) is 11.0. The summed E-state index contributed by atoms with van der Waals surface area (Å²) in [6.45, 7) is 3.24. The predicted molar refractivity (Wildman–Crippen MR) is 122 cm³/mol. The van der Waals surface area contributed by atoms with Crippen molar-refractivity contribution in [3.05, 3.63) is 102 Å². The van der Waals surface area contributed by atoms with Gasteiger partial charge in [-0.1, -0.05) is 78.9 Å². The lowest BCUT2D eigenvalue weighted by Gasteiger charge is -2.39. The number of benzene rings is 3. The van der Waals surface area contributed by atoms with Crippen LogP contribution in [0, 0.1) is 5.92 Å². The van der Waals surface area contributed by atoms with Gasteiger partial charge in [0.1, 0.15) is 5.75 Å². The number of hydrogen-bond acceptors (Lipinski definition) is 3. The number of nitrogens with one attached hydrogen (secondary N) is 1. The Balaban J connectivity index is 1.47. The summed E-state index contributed by atoms with van der Waals surface area (Å²) in [6.07, 6.45) is 1.29. The van der Waals surface area contributed by atoms with Gasteiger partial charge < -0.3 is 10.1 Å². The van der Waals surface area contributed by atoms with Crippen LogP contribution in [0.1, 0.15) is 29.0 Å². The average molecular weight is 399 g/mol. The second kappa shape index (κ2) is 8.63. The number of piperidine rings is 1. The highest BCUT2D eigenvalue weighted by Crippen LogP contribution is 2.43. The summed E-state index contributed by atoms with van der Waals surface area (Å²) in [5.74, 6) is 2.04. The molecule has 0 saturated carbocycles. The number of hydrogen-bond donors (Lipinski definition) is 1. The van der Waals surface area contributed by atoms with Gasteiger partial charge in [-0.15, -0.1) is 0 Å². The first-order valence-corrected chi connectivity index (χ1v) is 11.0. The molecule has 0 spiro atoms.